The number of amides is 2. The summed E-state index contributed by atoms with van der Waals surface area (Å²) in [6.07, 6.45) is 3.66. The highest BCUT2D eigenvalue weighted by Gasteiger charge is 2.57. The highest BCUT2D eigenvalue weighted by molar-refractivity contribution is 9.13. The predicted molar refractivity (Wildman–Crippen MR) is 159 cm³/mol. The molecule has 0 bridgehead atoms. The highest BCUT2D eigenvalue weighted by Crippen LogP contribution is 2.58. The molecule has 0 radical (unpaired) electrons. The molecule has 204 valence electrons. The van der Waals surface area contributed by atoms with E-state index in [9.17, 15) is 24.3 Å². The zero-order chi connectivity index (χ0) is 28.6. The average Bonchev–Trinajstić information content (AvgIpc) is 3.20. The first-order valence-corrected chi connectivity index (χ1v) is 15.1. The van der Waals surface area contributed by atoms with E-state index in [1.165, 1.54) is 18.1 Å². The third-order valence-electron chi connectivity index (χ3n) is 8.12. The number of rotatable bonds is 3. The number of nitrogens with zero attached hydrogens (tertiary/aromatic N) is 1. The first-order chi connectivity index (χ1) is 19.0. The maximum Gasteiger partial charge on any atom is 0.238 e. The molecule has 7 nitrogen and oxygen atoms in total. The third kappa shape index (κ3) is 4.01. The third-order valence-corrected chi connectivity index (χ3v) is 11.1. The van der Waals surface area contributed by atoms with E-state index in [2.05, 4.69) is 47.8 Å². The van der Waals surface area contributed by atoms with Gasteiger partial charge in [-0.25, -0.2) is 0 Å². The fourth-order valence-corrected chi connectivity index (χ4v) is 7.91. The van der Waals surface area contributed by atoms with E-state index in [0.29, 0.717) is 42.8 Å². The minimum Gasteiger partial charge on any atom is -0.503 e. The minimum absolute atomic E-state index is 0.124. The predicted octanol–water partition coefficient (Wildman–Crippen LogP) is 6.55. The van der Waals surface area contributed by atoms with Gasteiger partial charge in [0.25, 0.3) is 0 Å². The number of aromatic hydroxyl groups is 1. The molecule has 0 aromatic heterocycles. The number of allylic oxidation sites excluding steroid dienone is 6. The highest BCUT2D eigenvalue weighted by atomic mass is 79.9. The molecule has 1 heterocycles. The van der Waals surface area contributed by atoms with E-state index in [4.69, 9.17) is 16.3 Å². The largest absolute Gasteiger partial charge is 0.503 e. The Balaban J connectivity index is 1.53. The molecule has 2 aromatic rings. The first-order valence-electron chi connectivity index (χ1n) is 12.3. The van der Waals surface area contributed by atoms with Crippen molar-refractivity contribution in [2.45, 2.75) is 18.8 Å². The Morgan fingerprint density at radius 2 is 1.70 bits per heavy atom. The molecule has 1 aliphatic heterocycles. The number of hydrogen-bond acceptors (Lipinski definition) is 6. The molecule has 0 unspecified atom stereocenters. The van der Waals surface area contributed by atoms with Crippen molar-refractivity contribution in [1.29, 1.82) is 0 Å². The topological polar surface area (TPSA) is 101 Å². The minimum atomic E-state index is -0.714. The van der Waals surface area contributed by atoms with Gasteiger partial charge in [0.2, 0.25) is 11.8 Å². The summed E-state index contributed by atoms with van der Waals surface area (Å²) < 4.78 is 6.36. The SMILES string of the molecule is COc1cc([C@H]2C3=CC[C@@H]4C(=O)N(c5ccc(Cl)cc5)C(=O)[C@@H]4[C@@H]3CC3=C2C(=O)C=C(Br)C3=O)c(Br)c(Br)c1O. The number of hydrogen-bond donors (Lipinski definition) is 1. The summed E-state index contributed by atoms with van der Waals surface area (Å²) in [4.78, 5) is 55.6. The van der Waals surface area contributed by atoms with Crippen LogP contribution in [0, 0.1) is 17.8 Å². The van der Waals surface area contributed by atoms with Crippen LogP contribution < -0.4 is 9.64 Å². The molecule has 0 spiro atoms. The number of imide groups is 1. The van der Waals surface area contributed by atoms with E-state index >= 15 is 0 Å². The van der Waals surface area contributed by atoms with Gasteiger partial charge in [0.15, 0.2) is 23.1 Å². The van der Waals surface area contributed by atoms with Gasteiger partial charge in [-0.05, 0) is 102 Å². The van der Waals surface area contributed by atoms with Crippen molar-refractivity contribution in [3.63, 3.8) is 0 Å². The van der Waals surface area contributed by atoms with E-state index in [1.807, 2.05) is 6.08 Å². The van der Waals surface area contributed by atoms with Crippen LogP contribution in [-0.2, 0) is 19.2 Å². The van der Waals surface area contributed by atoms with Crippen molar-refractivity contribution in [3.8, 4) is 11.5 Å². The van der Waals surface area contributed by atoms with Gasteiger partial charge in [-0.3, -0.25) is 24.1 Å². The standard InChI is InChI=1S/C29H19Br3ClNO6/c1-40-20-9-16(24(31)25(32)27(20)37)21-13-6-7-14-22(15(13)8-17-23(21)19(35)10-18(30)26(17)36)29(39)34(28(14)38)12-4-2-11(33)3-5-12/h2-6,9-10,14-15,21-22,37H,7-8H2,1H3/t14-,15+,21+,22-/m0/s1. The number of methoxy groups -OCH3 is 1. The fraction of sp³-hybridized carbons (Fsp3) is 0.241. The molecule has 2 aromatic carbocycles. The number of ether oxygens (including phenoxy) is 1. The second-order valence-corrected chi connectivity index (χ2v) is 12.9. The van der Waals surface area contributed by atoms with Crippen molar-refractivity contribution < 1.29 is 29.0 Å². The molecule has 1 fully saturated rings. The summed E-state index contributed by atoms with van der Waals surface area (Å²) in [6.45, 7) is 0. The molecule has 4 aliphatic rings. The number of carbonyl (C=O) groups excluding carboxylic acids is 4. The number of carbonyl (C=O) groups is 4. The first kappa shape index (κ1) is 27.6. The van der Waals surface area contributed by atoms with E-state index < -0.39 is 23.7 Å². The number of ketones is 2. The van der Waals surface area contributed by atoms with Gasteiger partial charge in [-0.2, -0.15) is 0 Å². The Bertz CT molecular complexity index is 1640. The number of anilines is 1. The van der Waals surface area contributed by atoms with E-state index in [1.54, 1.807) is 30.3 Å². The van der Waals surface area contributed by atoms with Crippen LogP contribution in [0.25, 0.3) is 0 Å². The van der Waals surface area contributed by atoms with E-state index in [0.717, 1.165) is 5.57 Å². The quantitative estimate of drug-likeness (QED) is 0.217. The van der Waals surface area contributed by atoms with Gasteiger partial charge in [0, 0.05) is 32.6 Å². The molecule has 0 saturated carbocycles. The summed E-state index contributed by atoms with van der Waals surface area (Å²) >= 11 is 16.2. The normalized spacial score (nSPS) is 25.9. The number of halogens is 4. The van der Waals surface area contributed by atoms with Crippen molar-refractivity contribution >= 4 is 88.5 Å². The molecular weight excluding hydrogens is 733 g/mol. The fourth-order valence-electron chi connectivity index (χ4n) is 6.38. The van der Waals surface area contributed by atoms with Crippen LogP contribution in [-0.4, -0.2) is 35.6 Å². The van der Waals surface area contributed by atoms with Crippen LogP contribution in [0.5, 0.6) is 11.5 Å². The average molecular weight is 753 g/mol. The lowest BCUT2D eigenvalue weighted by Crippen LogP contribution is -2.39. The maximum absolute atomic E-state index is 14.0. The zero-order valence-electron chi connectivity index (χ0n) is 20.7. The number of fused-ring (bicyclic) bond motifs is 3. The van der Waals surface area contributed by atoms with Crippen LogP contribution in [0.3, 0.4) is 0 Å². The Morgan fingerprint density at radius 3 is 2.38 bits per heavy atom. The van der Waals surface area contributed by atoms with Crippen LogP contribution in [0.4, 0.5) is 5.69 Å². The molecular formula is C29H19Br3ClNO6. The van der Waals surface area contributed by atoms with Crippen LogP contribution in [0.1, 0.15) is 24.3 Å². The summed E-state index contributed by atoms with van der Waals surface area (Å²) in [6, 6.07) is 8.15. The maximum atomic E-state index is 14.0. The molecule has 1 N–H and O–H groups in total. The summed E-state index contributed by atoms with van der Waals surface area (Å²) in [7, 11) is 1.42. The van der Waals surface area contributed by atoms with Crippen molar-refractivity contribution in [3.05, 3.63) is 83.2 Å². The molecule has 40 heavy (non-hydrogen) atoms. The van der Waals surface area contributed by atoms with Crippen molar-refractivity contribution in [2.75, 3.05) is 12.0 Å². The molecule has 1 saturated heterocycles. The number of phenolic OH excluding ortho intramolecular Hbond substituents is 1. The molecule has 6 rings (SSSR count). The Labute approximate surface area is 259 Å². The Kier molecular flexibility index (Phi) is 6.96. The second-order valence-electron chi connectivity index (χ2n) is 10.0. The van der Waals surface area contributed by atoms with E-state index in [-0.39, 0.29) is 45.8 Å². The lowest BCUT2D eigenvalue weighted by atomic mass is 9.59. The molecule has 11 heteroatoms. The number of benzene rings is 2. The van der Waals surface area contributed by atoms with Crippen molar-refractivity contribution in [2.24, 2.45) is 17.8 Å². The lowest BCUT2D eigenvalue weighted by molar-refractivity contribution is -0.123. The summed E-state index contributed by atoms with van der Waals surface area (Å²) in [5.74, 6) is -3.77. The van der Waals surface area contributed by atoms with Gasteiger partial charge in [0.1, 0.15) is 0 Å². The molecule has 2 amide bonds. The van der Waals surface area contributed by atoms with Gasteiger partial charge in [-0.15, -0.1) is 0 Å². The Morgan fingerprint density at radius 1 is 1.00 bits per heavy atom. The second kappa shape index (κ2) is 10.1. The van der Waals surface area contributed by atoms with Crippen LogP contribution >= 0.6 is 59.4 Å². The van der Waals surface area contributed by atoms with Gasteiger partial charge >= 0.3 is 0 Å². The smallest absolute Gasteiger partial charge is 0.238 e. The van der Waals surface area contributed by atoms with Gasteiger partial charge in [-0.1, -0.05) is 23.3 Å². The van der Waals surface area contributed by atoms with Gasteiger partial charge in [0.05, 0.1) is 33.6 Å². The Hall–Kier alpha value is -2.53. The van der Waals surface area contributed by atoms with Crippen LogP contribution in [0.15, 0.2) is 72.6 Å². The van der Waals surface area contributed by atoms with Crippen LogP contribution in [0.2, 0.25) is 5.02 Å². The summed E-state index contributed by atoms with van der Waals surface area (Å²) in [5, 5.41) is 11.1. The van der Waals surface area contributed by atoms with Crippen molar-refractivity contribution in [1.82, 2.24) is 0 Å². The lowest BCUT2D eigenvalue weighted by Gasteiger charge is -2.42. The monoisotopic (exact) mass is 749 g/mol. The number of Topliss-reactive ketones (excluding diaryl/α,β-unsaturated/α-hetero) is 1. The zero-order valence-corrected chi connectivity index (χ0v) is 26.2. The molecule has 3 aliphatic carbocycles. The number of phenols is 1. The summed E-state index contributed by atoms with van der Waals surface area (Å²) in [5.41, 5.74) is 2.44. The molecule has 4 atom stereocenters. The van der Waals surface area contributed by atoms with Gasteiger partial charge < -0.3 is 9.84 Å².